The molecule has 1 aliphatic heterocycles. The van der Waals surface area contributed by atoms with Gasteiger partial charge in [0, 0.05) is 44.3 Å². The predicted molar refractivity (Wildman–Crippen MR) is 101 cm³/mol. The lowest BCUT2D eigenvalue weighted by atomic mass is 9.93. The number of hydrogen-bond acceptors (Lipinski definition) is 3. The van der Waals surface area contributed by atoms with Crippen molar-refractivity contribution < 1.29 is 9.53 Å². The number of fused-ring (bicyclic) bond motifs is 1. The number of carbonyl (C=O) groups is 1. The quantitative estimate of drug-likeness (QED) is 0.746. The monoisotopic (exact) mass is 351 g/mol. The first-order chi connectivity index (χ1) is 12.8. The van der Waals surface area contributed by atoms with E-state index in [4.69, 9.17) is 4.74 Å². The second-order valence-electron chi connectivity index (χ2n) is 7.06. The van der Waals surface area contributed by atoms with E-state index in [1.807, 2.05) is 53.7 Å². The third-order valence-electron chi connectivity index (χ3n) is 5.62. The molecule has 0 N–H and O–H groups in total. The van der Waals surface area contributed by atoms with E-state index >= 15 is 0 Å². The smallest absolute Gasteiger partial charge is 0.325 e. The van der Waals surface area contributed by atoms with Crippen LogP contribution < -0.4 is 4.90 Å². The Morgan fingerprint density at radius 1 is 1.15 bits per heavy atom. The summed E-state index contributed by atoms with van der Waals surface area (Å²) < 4.78 is 5.19. The van der Waals surface area contributed by atoms with Crippen molar-refractivity contribution in [3.05, 3.63) is 60.4 Å². The van der Waals surface area contributed by atoms with Crippen molar-refractivity contribution in [2.45, 2.75) is 37.3 Å². The zero-order valence-electron chi connectivity index (χ0n) is 15.1. The number of anilines is 1. The van der Waals surface area contributed by atoms with Crippen LogP contribution in [0.1, 0.15) is 30.7 Å². The third kappa shape index (κ3) is 2.97. The molecule has 1 aliphatic carbocycles. The number of urea groups is 1. The van der Waals surface area contributed by atoms with Gasteiger partial charge < -0.3 is 9.64 Å². The van der Waals surface area contributed by atoms with Crippen LogP contribution in [0.4, 0.5) is 10.5 Å². The standard InChI is InChI=1S/C21H25N3O2/c1-26-14-6-13-23-19-11-10-18(16-7-5-12-22-15-16)20(19)24(21(23)25)17-8-3-2-4-9-17/h2-5,7-9,12,15,18-20H,6,10-11,13-14H2,1H3/t18-,19-,20+/m0/s1. The van der Waals surface area contributed by atoms with Crippen LogP contribution in [0, 0.1) is 0 Å². The molecule has 136 valence electrons. The first-order valence-corrected chi connectivity index (χ1v) is 9.35. The lowest BCUT2D eigenvalue weighted by molar-refractivity contribution is 0.167. The minimum Gasteiger partial charge on any atom is -0.385 e. The van der Waals surface area contributed by atoms with E-state index in [-0.39, 0.29) is 18.1 Å². The van der Waals surface area contributed by atoms with Gasteiger partial charge >= 0.3 is 6.03 Å². The van der Waals surface area contributed by atoms with Crippen molar-refractivity contribution in [1.29, 1.82) is 0 Å². The van der Waals surface area contributed by atoms with Gasteiger partial charge in [-0.05, 0) is 43.0 Å². The van der Waals surface area contributed by atoms with Gasteiger partial charge in [-0.3, -0.25) is 9.88 Å². The molecule has 1 aromatic heterocycles. The molecule has 2 fully saturated rings. The summed E-state index contributed by atoms with van der Waals surface area (Å²) in [5.74, 6) is 0.324. The number of rotatable bonds is 6. The molecule has 2 amide bonds. The summed E-state index contributed by atoms with van der Waals surface area (Å²) in [5.41, 5.74) is 2.21. The molecule has 0 bridgehead atoms. The van der Waals surface area contributed by atoms with E-state index in [9.17, 15) is 4.79 Å². The topological polar surface area (TPSA) is 45.7 Å². The summed E-state index contributed by atoms with van der Waals surface area (Å²) in [7, 11) is 1.71. The van der Waals surface area contributed by atoms with Crippen molar-refractivity contribution in [1.82, 2.24) is 9.88 Å². The summed E-state index contributed by atoms with van der Waals surface area (Å²) in [6.07, 6.45) is 6.74. The fourth-order valence-corrected chi connectivity index (χ4v) is 4.53. The van der Waals surface area contributed by atoms with Gasteiger partial charge in [0.15, 0.2) is 0 Å². The number of ether oxygens (including phenoxy) is 1. The van der Waals surface area contributed by atoms with Crippen LogP contribution in [0.15, 0.2) is 54.9 Å². The Balaban J connectivity index is 1.67. The van der Waals surface area contributed by atoms with Crippen LogP contribution in [-0.4, -0.2) is 48.3 Å². The first-order valence-electron chi connectivity index (χ1n) is 9.35. The molecule has 2 aliphatic rings. The molecule has 0 radical (unpaired) electrons. The van der Waals surface area contributed by atoms with Crippen LogP contribution in [0.2, 0.25) is 0 Å². The molecular weight excluding hydrogens is 326 g/mol. The maximum Gasteiger partial charge on any atom is 0.325 e. The minimum absolute atomic E-state index is 0.121. The largest absolute Gasteiger partial charge is 0.385 e. The average Bonchev–Trinajstić information content (AvgIpc) is 3.22. The number of hydrogen-bond donors (Lipinski definition) is 0. The highest BCUT2D eigenvalue weighted by atomic mass is 16.5. The first kappa shape index (κ1) is 17.0. The molecule has 1 aromatic carbocycles. The van der Waals surface area contributed by atoms with Gasteiger partial charge in [0.1, 0.15) is 0 Å². The Hall–Kier alpha value is -2.40. The van der Waals surface area contributed by atoms with E-state index in [1.54, 1.807) is 7.11 Å². The lowest BCUT2D eigenvalue weighted by Gasteiger charge is -2.28. The minimum atomic E-state index is 0.121. The highest BCUT2D eigenvalue weighted by molar-refractivity contribution is 5.96. The Kier molecular flexibility index (Phi) is 4.89. The highest BCUT2D eigenvalue weighted by Crippen LogP contribution is 2.46. The van der Waals surface area contributed by atoms with Crippen LogP contribution in [0.3, 0.4) is 0 Å². The second kappa shape index (κ2) is 7.46. The fraction of sp³-hybridized carbons (Fsp3) is 0.429. The fourth-order valence-electron chi connectivity index (χ4n) is 4.53. The van der Waals surface area contributed by atoms with Gasteiger partial charge in [0.2, 0.25) is 0 Å². The number of carbonyl (C=O) groups excluding carboxylic acids is 1. The molecule has 1 saturated heterocycles. The zero-order chi connectivity index (χ0) is 17.9. The number of nitrogens with zero attached hydrogens (tertiary/aromatic N) is 3. The van der Waals surface area contributed by atoms with Gasteiger partial charge in [0.25, 0.3) is 0 Å². The molecular formula is C21H25N3O2. The maximum absolute atomic E-state index is 13.3. The van der Waals surface area contributed by atoms with Crippen LogP contribution in [0.25, 0.3) is 0 Å². The van der Waals surface area contributed by atoms with Gasteiger partial charge in [-0.1, -0.05) is 24.3 Å². The molecule has 0 unspecified atom stereocenters. The third-order valence-corrected chi connectivity index (χ3v) is 5.62. The number of amides is 2. The molecule has 5 nitrogen and oxygen atoms in total. The van der Waals surface area contributed by atoms with E-state index in [0.717, 1.165) is 31.5 Å². The highest BCUT2D eigenvalue weighted by Gasteiger charge is 2.53. The summed E-state index contributed by atoms with van der Waals surface area (Å²) in [6.45, 7) is 1.43. The lowest BCUT2D eigenvalue weighted by Crippen LogP contribution is -2.37. The number of para-hydroxylation sites is 1. The van der Waals surface area contributed by atoms with Crippen LogP contribution in [0.5, 0.6) is 0 Å². The Labute approximate surface area is 154 Å². The van der Waals surface area contributed by atoms with E-state index in [1.165, 1.54) is 5.56 Å². The van der Waals surface area contributed by atoms with Gasteiger partial charge in [0.05, 0.1) is 12.1 Å². The van der Waals surface area contributed by atoms with Crippen molar-refractivity contribution in [2.75, 3.05) is 25.2 Å². The van der Waals surface area contributed by atoms with E-state index in [2.05, 4.69) is 16.0 Å². The molecule has 2 aromatic rings. The van der Waals surface area contributed by atoms with Crippen molar-refractivity contribution in [2.24, 2.45) is 0 Å². The Bertz CT molecular complexity index is 737. The van der Waals surface area contributed by atoms with Crippen molar-refractivity contribution in [3.63, 3.8) is 0 Å². The van der Waals surface area contributed by atoms with Crippen molar-refractivity contribution in [3.8, 4) is 0 Å². The van der Waals surface area contributed by atoms with Gasteiger partial charge in [-0.2, -0.15) is 0 Å². The van der Waals surface area contributed by atoms with Crippen LogP contribution >= 0.6 is 0 Å². The number of pyridine rings is 1. The molecule has 4 rings (SSSR count). The number of benzene rings is 1. The van der Waals surface area contributed by atoms with E-state index < -0.39 is 0 Å². The van der Waals surface area contributed by atoms with Gasteiger partial charge in [-0.15, -0.1) is 0 Å². The summed E-state index contributed by atoms with van der Waals surface area (Å²) >= 11 is 0. The summed E-state index contributed by atoms with van der Waals surface area (Å²) in [5, 5.41) is 0. The summed E-state index contributed by atoms with van der Waals surface area (Å²) in [4.78, 5) is 21.7. The van der Waals surface area contributed by atoms with E-state index in [0.29, 0.717) is 12.5 Å². The molecule has 3 atom stereocenters. The van der Waals surface area contributed by atoms with Gasteiger partial charge in [-0.25, -0.2) is 4.79 Å². The van der Waals surface area contributed by atoms with Crippen LogP contribution in [-0.2, 0) is 4.74 Å². The average molecular weight is 351 g/mol. The number of aromatic nitrogens is 1. The Morgan fingerprint density at radius 2 is 2.00 bits per heavy atom. The zero-order valence-corrected chi connectivity index (χ0v) is 15.1. The number of methoxy groups -OCH3 is 1. The van der Waals surface area contributed by atoms with Crippen molar-refractivity contribution >= 4 is 11.7 Å². The molecule has 2 heterocycles. The predicted octanol–water partition coefficient (Wildman–Crippen LogP) is 3.67. The molecule has 0 spiro atoms. The normalized spacial score (nSPS) is 25.0. The maximum atomic E-state index is 13.3. The summed E-state index contributed by atoms with van der Waals surface area (Å²) in [6, 6.07) is 14.7. The molecule has 5 heteroatoms. The second-order valence-corrected chi connectivity index (χ2v) is 7.06. The molecule has 1 saturated carbocycles. The SMILES string of the molecule is COCCCN1C(=O)N(c2ccccc2)[C@@H]2[C@H](c3cccnc3)CC[C@@H]21. The molecule has 26 heavy (non-hydrogen) atoms. The Morgan fingerprint density at radius 3 is 2.73 bits per heavy atom.